The molecular weight excluding hydrogens is 352 g/mol. The molecule has 7 nitrogen and oxygen atoms in total. The van der Waals surface area contributed by atoms with Crippen molar-refractivity contribution in [3.05, 3.63) is 28.2 Å². The molecule has 0 saturated carbocycles. The van der Waals surface area contributed by atoms with Gasteiger partial charge in [-0.05, 0) is 30.7 Å². The smallest absolute Gasteiger partial charge is 0.322 e. The van der Waals surface area contributed by atoms with Gasteiger partial charge in [-0.1, -0.05) is 15.9 Å². The lowest BCUT2D eigenvalue weighted by Gasteiger charge is -2.13. The molecule has 0 fully saturated rings. The normalized spacial score (nSPS) is 12.9. The van der Waals surface area contributed by atoms with Crippen molar-refractivity contribution in [2.75, 3.05) is 0 Å². The monoisotopic (exact) mass is 364 g/mol. The summed E-state index contributed by atoms with van der Waals surface area (Å²) in [5.74, 6) is -2.38. The Hall–Kier alpha value is -1.45. The van der Waals surface area contributed by atoms with Crippen LogP contribution in [0.4, 0.5) is 0 Å². The van der Waals surface area contributed by atoms with E-state index in [0.717, 1.165) is 4.47 Å². The molecule has 1 amide bonds. The number of carboxylic acid groups (broad SMARTS) is 1. The van der Waals surface area contributed by atoms with Crippen LogP contribution in [0, 0.1) is 6.92 Å². The number of benzene rings is 1. The van der Waals surface area contributed by atoms with Crippen molar-refractivity contribution >= 4 is 37.8 Å². The maximum absolute atomic E-state index is 12.1. The SMILES string of the molecule is Cc1cc(S(=O)(=O)NC(CC(N)=O)C(=O)O)ccc1Br. The number of nitrogens with two attached hydrogens (primary N) is 1. The first kappa shape index (κ1) is 16.6. The zero-order valence-corrected chi connectivity index (χ0v) is 12.9. The molecule has 1 atom stereocenters. The highest BCUT2D eigenvalue weighted by molar-refractivity contribution is 9.10. The van der Waals surface area contributed by atoms with E-state index in [-0.39, 0.29) is 4.90 Å². The summed E-state index contributed by atoms with van der Waals surface area (Å²) in [7, 11) is -4.05. The van der Waals surface area contributed by atoms with Gasteiger partial charge >= 0.3 is 5.97 Å². The van der Waals surface area contributed by atoms with Gasteiger partial charge in [0.2, 0.25) is 15.9 Å². The van der Waals surface area contributed by atoms with Crippen LogP contribution in [-0.2, 0) is 19.6 Å². The van der Waals surface area contributed by atoms with E-state index in [9.17, 15) is 18.0 Å². The van der Waals surface area contributed by atoms with Gasteiger partial charge in [-0.25, -0.2) is 8.42 Å². The van der Waals surface area contributed by atoms with Crippen LogP contribution in [0.5, 0.6) is 0 Å². The van der Waals surface area contributed by atoms with Gasteiger partial charge in [-0.15, -0.1) is 0 Å². The first-order valence-corrected chi connectivity index (χ1v) is 7.70. The largest absolute Gasteiger partial charge is 0.480 e. The van der Waals surface area contributed by atoms with E-state index in [4.69, 9.17) is 10.8 Å². The standard InChI is InChI=1S/C11H13BrN2O5S/c1-6-4-7(2-3-8(6)12)20(18,19)14-9(11(16)17)5-10(13)15/h2-4,9,14H,5H2,1H3,(H2,13,15)(H,16,17). The van der Waals surface area contributed by atoms with Crippen molar-refractivity contribution in [2.24, 2.45) is 5.73 Å². The van der Waals surface area contributed by atoms with E-state index in [1.807, 2.05) is 4.72 Å². The number of carboxylic acids is 1. The number of primary amides is 1. The lowest BCUT2D eigenvalue weighted by Crippen LogP contribution is -2.43. The number of halogens is 1. The second-order valence-electron chi connectivity index (χ2n) is 4.09. The topological polar surface area (TPSA) is 127 Å². The maximum atomic E-state index is 12.1. The first-order valence-electron chi connectivity index (χ1n) is 5.43. The van der Waals surface area contributed by atoms with Crippen molar-refractivity contribution < 1.29 is 23.1 Å². The number of aliphatic carboxylic acids is 1. The average molecular weight is 365 g/mol. The van der Waals surface area contributed by atoms with Gasteiger partial charge in [0.1, 0.15) is 6.04 Å². The van der Waals surface area contributed by atoms with E-state index < -0.39 is 34.4 Å². The Morgan fingerprint density at radius 3 is 2.50 bits per heavy atom. The van der Waals surface area contributed by atoms with E-state index >= 15 is 0 Å². The van der Waals surface area contributed by atoms with Crippen LogP contribution in [0.15, 0.2) is 27.6 Å². The lowest BCUT2D eigenvalue weighted by atomic mass is 10.2. The number of rotatable bonds is 6. The zero-order valence-electron chi connectivity index (χ0n) is 10.5. The summed E-state index contributed by atoms with van der Waals surface area (Å²) in [5.41, 5.74) is 5.56. The minimum atomic E-state index is -4.05. The number of amides is 1. The fraction of sp³-hybridized carbons (Fsp3) is 0.273. The number of carbonyl (C=O) groups excluding carboxylic acids is 1. The third kappa shape index (κ3) is 4.29. The summed E-state index contributed by atoms with van der Waals surface area (Å²) in [6.45, 7) is 1.70. The van der Waals surface area contributed by atoms with Crippen molar-refractivity contribution in [2.45, 2.75) is 24.3 Å². The Morgan fingerprint density at radius 1 is 1.45 bits per heavy atom. The molecule has 4 N–H and O–H groups in total. The average Bonchev–Trinajstić information content (AvgIpc) is 2.30. The van der Waals surface area contributed by atoms with Crippen molar-refractivity contribution in [3.63, 3.8) is 0 Å². The summed E-state index contributed by atoms with van der Waals surface area (Å²) in [4.78, 5) is 21.6. The van der Waals surface area contributed by atoms with Crippen LogP contribution in [-0.4, -0.2) is 31.4 Å². The molecular formula is C11H13BrN2O5S. The first-order chi connectivity index (χ1) is 9.13. The summed E-state index contributed by atoms with van der Waals surface area (Å²) in [5, 5.41) is 8.89. The molecule has 110 valence electrons. The van der Waals surface area contributed by atoms with E-state index in [1.54, 1.807) is 6.92 Å². The van der Waals surface area contributed by atoms with Crippen molar-refractivity contribution in [3.8, 4) is 0 Å². The number of hydrogen-bond donors (Lipinski definition) is 3. The molecule has 0 saturated heterocycles. The third-order valence-electron chi connectivity index (χ3n) is 2.44. The number of carbonyl (C=O) groups is 2. The molecule has 0 heterocycles. The van der Waals surface area contributed by atoms with Crippen LogP contribution in [0.25, 0.3) is 0 Å². The van der Waals surface area contributed by atoms with Gasteiger partial charge in [0, 0.05) is 4.47 Å². The van der Waals surface area contributed by atoms with E-state index in [0.29, 0.717) is 5.56 Å². The van der Waals surface area contributed by atoms with E-state index in [2.05, 4.69) is 15.9 Å². The molecule has 20 heavy (non-hydrogen) atoms. The fourth-order valence-electron chi connectivity index (χ4n) is 1.42. The van der Waals surface area contributed by atoms with Crippen molar-refractivity contribution in [1.29, 1.82) is 0 Å². The van der Waals surface area contributed by atoms with Gasteiger partial charge in [0.05, 0.1) is 11.3 Å². The van der Waals surface area contributed by atoms with Gasteiger partial charge < -0.3 is 10.8 Å². The van der Waals surface area contributed by atoms with Gasteiger partial charge in [-0.2, -0.15) is 4.72 Å². The number of hydrogen-bond acceptors (Lipinski definition) is 4. The molecule has 0 aliphatic rings. The molecule has 0 bridgehead atoms. The van der Waals surface area contributed by atoms with E-state index in [1.165, 1.54) is 18.2 Å². The van der Waals surface area contributed by atoms with Crippen LogP contribution >= 0.6 is 15.9 Å². The Kier molecular flexibility index (Phi) is 5.26. The summed E-state index contributed by atoms with van der Waals surface area (Å²) in [6, 6.07) is 2.65. The Bertz CT molecular complexity index is 644. The lowest BCUT2D eigenvalue weighted by molar-refractivity contribution is -0.140. The van der Waals surface area contributed by atoms with Crippen molar-refractivity contribution in [1.82, 2.24) is 4.72 Å². The van der Waals surface area contributed by atoms with Gasteiger partial charge in [0.25, 0.3) is 0 Å². The Balaban J connectivity index is 3.06. The zero-order chi connectivity index (χ0) is 15.5. The van der Waals surface area contributed by atoms with Gasteiger partial charge in [0.15, 0.2) is 0 Å². The molecule has 1 aromatic rings. The predicted octanol–water partition coefficient (Wildman–Crippen LogP) is 0.364. The minimum Gasteiger partial charge on any atom is -0.480 e. The highest BCUT2D eigenvalue weighted by atomic mass is 79.9. The molecule has 1 aromatic carbocycles. The molecule has 1 unspecified atom stereocenters. The molecule has 0 aromatic heterocycles. The second kappa shape index (κ2) is 6.33. The highest BCUT2D eigenvalue weighted by Crippen LogP contribution is 2.20. The number of sulfonamides is 1. The van der Waals surface area contributed by atoms with Gasteiger partial charge in [-0.3, -0.25) is 9.59 Å². The second-order valence-corrected chi connectivity index (χ2v) is 6.66. The van der Waals surface area contributed by atoms with Crippen LogP contribution in [0.3, 0.4) is 0 Å². The molecule has 0 spiro atoms. The Labute approximate surface area is 124 Å². The molecule has 9 heteroatoms. The molecule has 0 aliphatic carbocycles. The summed E-state index contributed by atoms with van der Waals surface area (Å²) in [6.07, 6.45) is -0.621. The third-order valence-corrected chi connectivity index (χ3v) is 4.80. The molecule has 0 radical (unpaired) electrons. The minimum absolute atomic E-state index is 0.0890. The number of nitrogens with one attached hydrogen (secondary N) is 1. The maximum Gasteiger partial charge on any atom is 0.322 e. The predicted molar refractivity (Wildman–Crippen MR) is 74.4 cm³/mol. The quantitative estimate of drug-likeness (QED) is 0.671. The van der Waals surface area contributed by atoms with Crippen LogP contribution in [0.1, 0.15) is 12.0 Å². The van der Waals surface area contributed by atoms with Crippen LogP contribution in [0.2, 0.25) is 0 Å². The Morgan fingerprint density at radius 2 is 2.05 bits per heavy atom. The number of aryl methyl sites for hydroxylation is 1. The fourth-order valence-corrected chi connectivity index (χ4v) is 2.94. The highest BCUT2D eigenvalue weighted by Gasteiger charge is 2.27. The summed E-state index contributed by atoms with van der Waals surface area (Å²) < 4.78 is 26.8. The summed E-state index contributed by atoms with van der Waals surface area (Å²) >= 11 is 3.23. The molecule has 0 aliphatic heterocycles. The van der Waals surface area contributed by atoms with Crippen LogP contribution < -0.4 is 10.5 Å². The molecule has 1 rings (SSSR count).